The van der Waals surface area contributed by atoms with Crippen molar-refractivity contribution in [3.05, 3.63) is 64.7 Å². The summed E-state index contributed by atoms with van der Waals surface area (Å²) in [5, 5.41) is 4.09. The third-order valence-corrected chi connectivity index (χ3v) is 3.39. The van der Waals surface area contributed by atoms with Crippen molar-refractivity contribution in [3.8, 4) is 5.75 Å². The smallest absolute Gasteiger partial charge is 0.417 e. The minimum absolute atomic E-state index is 0.151. The average Bonchev–Trinajstić information content (AvgIpc) is 2.56. The van der Waals surface area contributed by atoms with Gasteiger partial charge >= 0.3 is 6.18 Å². The quantitative estimate of drug-likeness (QED) is 0.631. The van der Waals surface area contributed by atoms with E-state index in [0.29, 0.717) is 10.8 Å². The highest BCUT2D eigenvalue weighted by Crippen LogP contribution is 2.31. The highest BCUT2D eigenvalue weighted by Gasteiger charge is 2.32. The van der Waals surface area contributed by atoms with E-state index in [-0.39, 0.29) is 5.56 Å². The van der Waals surface area contributed by atoms with Crippen molar-refractivity contribution in [2.45, 2.75) is 19.2 Å². The van der Waals surface area contributed by atoms with Crippen LogP contribution in [0, 0.1) is 0 Å². The fraction of sp³-hybridized carbons (Fsp3) is 0.176. The van der Waals surface area contributed by atoms with Crippen molar-refractivity contribution in [2.75, 3.05) is 0 Å². The zero-order chi connectivity index (χ0) is 18.4. The van der Waals surface area contributed by atoms with Crippen LogP contribution >= 0.6 is 11.6 Å². The Morgan fingerprint density at radius 1 is 1.20 bits per heavy atom. The van der Waals surface area contributed by atoms with E-state index < -0.39 is 23.8 Å². The van der Waals surface area contributed by atoms with Crippen molar-refractivity contribution in [1.82, 2.24) is 5.43 Å². The molecule has 1 amide bonds. The first-order valence-corrected chi connectivity index (χ1v) is 7.56. The minimum atomic E-state index is -4.50. The molecular formula is C17H14ClF3N2O2. The van der Waals surface area contributed by atoms with Gasteiger partial charge in [-0.2, -0.15) is 18.3 Å². The van der Waals surface area contributed by atoms with E-state index in [4.69, 9.17) is 16.3 Å². The van der Waals surface area contributed by atoms with Crippen molar-refractivity contribution in [2.24, 2.45) is 5.10 Å². The van der Waals surface area contributed by atoms with Gasteiger partial charge in [-0.1, -0.05) is 29.8 Å². The minimum Gasteiger partial charge on any atom is -0.481 e. The van der Waals surface area contributed by atoms with Gasteiger partial charge in [-0.05, 0) is 37.3 Å². The van der Waals surface area contributed by atoms with Crippen LogP contribution in [0.5, 0.6) is 5.75 Å². The van der Waals surface area contributed by atoms with Crippen LogP contribution in [0.15, 0.2) is 53.6 Å². The fourth-order valence-corrected chi connectivity index (χ4v) is 2.02. The molecule has 25 heavy (non-hydrogen) atoms. The summed E-state index contributed by atoms with van der Waals surface area (Å²) in [4.78, 5) is 11.9. The second-order valence-electron chi connectivity index (χ2n) is 5.03. The first-order chi connectivity index (χ1) is 11.8. The van der Waals surface area contributed by atoms with Gasteiger partial charge in [0.1, 0.15) is 5.75 Å². The predicted molar refractivity (Wildman–Crippen MR) is 88.7 cm³/mol. The summed E-state index contributed by atoms with van der Waals surface area (Å²) in [7, 11) is 0. The van der Waals surface area contributed by atoms with Gasteiger partial charge in [-0.25, -0.2) is 5.43 Å². The van der Waals surface area contributed by atoms with Gasteiger partial charge in [0.05, 0.1) is 11.8 Å². The van der Waals surface area contributed by atoms with Gasteiger partial charge in [-0.3, -0.25) is 4.79 Å². The molecule has 4 nitrogen and oxygen atoms in total. The van der Waals surface area contributed by atoms with Crippen LogP contribution in [0.2, 0.25) is 5.02 Å². The Balaban J connectivity index is 1.97. The topological polar surface area (TPSA) is 50.7 Å². The Hall–Kier alpha value is -2.54. The monoisotopic (exact) mass is 370 g/mol. The van der Waals surface area contributed by atoms with E-state index in [9.17, 15) is 18.0 Å². The molecule has 0 saturated heterocycles. The molecule has 0 aliphatic heterocycles. The van der Waals surface area contributed by atoms with E-state index in [0.717, 1.165) is 12.3 Å². The molecule has 0 aliphatic carbocycles. The maximum Gasteiger partial charge on any atom is 0.417 e. The molecule has 2 aromatic rings. The third kappa shape index (κ3) is 5.49. The number of nitrogens with zero attached hydrogens (tertiary/aromatic N) is 1. The number of hydrogen-bond donors (Lipinski definition) is 1. The Kier molecular flexibility index (Phi) is 6.03. The third-order valence-electron chi connectivity index (χ3n) is 3.14. The van der Waals surface area contributed by atoms with Crippen LogP contribution in [-0.2, 0) is 11.0 Å². The molecule has 2 rings (SSSR count). The molecule has 0 radical (unpaired) electrons. The lowest BCUT2D eigenvalue weighted by atomic mass is 10.1. The largest absolute Gasteiger partial charge is 0.481 e. The predicted octanol–water partition coefficient (Wildman–Crippen LogP) is 4.28. The number of carbonyl (C=O) groups excluding carboxylic acids is 1. The van der Waals surface area contributed by atoms with Gasteiger partial charge in [0.25, 0.3) is 5.91 Å². The molecule has 1 N–H and O–H groups in total. The fourth-order valence-electron chi connectivity index (χ4n) is 1.89. The number of hydrogen-bond acceptors (Lipinski definition) is 3. The molecule has 0 heterocycles. The van der Waals surface area contributed by atoms with Gasteiger partial charge in [0.2, 0.25) is 0 Å². The second kappa shape index (κ2) is 8.02. The average molecular weight is 371 g/mol. The Morgan fingerprint density at radius 2 is 1.84 bits per heavy atom. The molecule has 0 spiro atoms. The standard InChI is InChI=1S/C17H14ClF3N2O2/c1-11(25-14-8-6-13(18)7-9-14)16(24)23-22-10-12-4-2-3-5-15(12)17(19,20)21/h2-11H,1H3,(H,23,24)/b22-10+. The molecule has 0 saturated carbocycles. The number of halogens is 4. The number of rotatable bonds is 5. The van der Waals surface area contributed by atoms with Crippen LogP contribution in [0.1, 0.15) is 18.1 Å². The lowest BCUT2D eigenvalue weighted by molar-refractivity contribution is -0.137. The lowest BCUT2D eigenvalue weighted by Gasteiger charge is -2.13. The Bertz CT molecular complexity index is 761. The van der Waals surface area contributed by atoms with Crippen molar-refractivity contribution >= 4 is 23.7 Å². The van der Waals surface area contributed by atoms with Crippen molar-refractivity contribution in [3.63, 3.8) is 0 Å². The van der Waals surface area contributed by atoms with E-state index in [1.165, 1.54) is 25.1 Å². The van der Waals surface area contributed by atoms with Gasteiger partial charge in [0.15, 0.2) is 6.10 Å². The number of hydrazone groups is 1. The van der Waals surface area contributed by atoms with Crippen LogP contribution in [0.4, 0.5) is 13.2 Å². The van der Waals surface area contributed by atoms with Crippen LogP contribution in [0.25, 0.3) is 0 Å². The molecule has 1 unspecified atom stereocenters. The number of nitrogens with one attached hydrogen (secondary N) is 1. The molecule has 0 fully saturated rings. The Morgan fingerprint density at radius 3 is 2.48 bits per heavy atom. The lowest BCUT2D eigenvalue weighted by Crippen LogP contribution is -2.33. The zero-order valence-electron chi connectivity index (χ0n) is 13.0. The van der Waals surface area contributed by atoms with E-state index in [1.807, 2.05) is 0 Å². The summed E-state index contributed by atoms with van der Waals surface area (Å²) in [6.45, 7) is 1.49. The summed E-state index contributed by atoms with van der Waals surface area (Å²) in [5.41, 5.74) is 1.17. The highest BCUT2D eigenvalue weighted by atomic mass is 35.5. The van der Waals surface area contributed by atoms with E-state index in [1.54, 1.807) is 24.3 Å². The highest BCUT2D eigenvalue weighted by molar-refractivity contribution is 6.30. The second-order valence-corrected chi connectivity index (χ2v) is 5.47. The molecule has 2 aromatic carbocycles. The van der Waals surface area contributed by atoms with Crippen LogP contribution in [0.3, 0.4) is 0 Å². The molecule has 8 heteroatoms. The molecule has 0 aromatic heterocycles. The summed E-state index contributed by atoms with van der Waals surface area (Å²) in [6.07, 6.45) is -4.45. The van der Waals surface area contributed by atoms with Crippen LogP contribution < -0.4 is 10.2 Å². The maximum atomic E-state index is 12.9. The number of carbonyl (C=O) groups is 1. The van der Waals surface area contributed by atoms with Gasteiger partial charge in [-0.15, -0.1) is 0 Å². The van der Waals surface area contributed by atoms with E-state index >= 15 is 0 Å². The first-order valence-electron chi connectivity index (χ1n) is 7.19. The number of ether oxygens (including phenoxy) is 1. The zero-order valence-corrected chi connectivity index (χ0v) is 13.8. The molecule has 1 atom stereocenters. The number of alkyl halides is 3. The summed E-state index contributed by atoms with van der Waals surface area (Å²) < 4.78 is 44.0. The van der Waals surface area contributed by atoms with Gasteiger partial charge < -0.3 is 4.74 Å². The summed E-state index contributed by atoms with van der Waals surface area (Å²) in [6, 6.07) is 11.3. The first kappa shape index (κ1) is 18.8. The van der Waals surface area contributed by atoms with E-state index in [2.05, 4.69) is 10.5 Å². The van der Waals surface area contributed by atoms with Crippen molar-refractivity contribution < 1.29 is 22.7 Å². The number of amides is 1. The normalized spacial score (nSPS) is 12.8. The molecular weight excluding hydrogens is 357 g/mol. The van der Waals surface area contributed by atoms with Crippen molar-refractivity contribution in [1.29, 1.82) is 0 Å². The summed E-state index contributed by atoms with van der Waals surface area (Å²) in [5.74, 6) is -0.172. The Labute approximate surface area is 147 Å². The molecule has 0 bridgehead atoms. The van der Waals surface area contributed by atoms with Crippen LogP contribution in [-0.4, -0.2) is 18.2 Å². The molecule has 0 aliphatic rings. The number of benzene rings is 2. The van der Waals surface area contributed by atoms with Gasteiger partial charge in [0, 0.05) is 10.6 Å². The SMILES string of the molecule is CC(Oc1ccc(Cl)cc1)C(=O)N/N=C/c1ccccc1C(F)(F)F. The molecule has 132 valence electrons. The summed E-state index contributed by atoms with van der Waals surface area (Å²) >= 11 is 5.75. The maximum absolute atomic E-state index is 12.9.